The maximum atomic E-state index is 12.8. The Labute approximate surface area is 155 Å². The van der Waals surface area contributed by atoms with Crippen molar-refractivity contribution >= 4 is 11.8 Å². The minimum Gasteiger partial charge on any atom is -0.492 e. The third-order valence-electron chi connectivity index (χ3n) is 5.39. The van der Waals surface area contributed by atoms with E-state index in [0.29, 0.717) is 26.2 Å². The minimum absolute atomic E-state index is 0.103. The van der Waals surface area contributed by atoms with E-state index in [9.17, 15) is 9.59 Å². The number of hydrogen-bond donors (Lipinski definition) is 0. The van der Waals surface area contributed by atoms with Gasteiger partial charge in [0.05, 0.1) is 12.5 Å². The van der Waals surface area contributed by atoms with Crippen LogP contribution in [0.1, 0.15) is 19.4 Å². The molecule has 142 valence electrons. The molecule has 2 amide bonds. The molecule has 1 fully saturated rings. The lowest BCUT2D eigenvalue weighted by Crippen LogP contribution is -2.53. The first-order valence-electron chi connectivity index (χ1n) is 9.62. The summed E-state index contributed by atoms with van der Waals surface area (Å²) in [5, 5.41) is 0. The molecule has 1 aromatic carbocycles. The van der Waals surface area contributed by atoms with E-state index in [2.05, 4.69) is 4.90 Å². The molecule has 2 aliphatic heterocycles. The Bertz CT molecular complexity index is 637. The van der Waals surface area contributed by atoms with E-state index >= 15 is 0 Å². The van der Waals surface area contributed by atoms with Gasteiger partial charge in [-0.3, -0.25) is 14.5 Å². The number of fused-ring (bicyclic) bond motifs is 1. The van der Waals surface area contributed by atoms with Crippen LogP contribution in [0.2, 0.25) is 0 Å². The summed E-state index contributed by atoms with van der Waals surface area (Å²) in [7, 11) is 0. The van der Waals surface area contributed by atoms with Crippen molar-refractivity contribution in [1.29, 1.82) is 0 Å². The van der Waals surface area contributed by atoms with Gasteiger partial charge in [-0.1, -0.05) is 18.2 Å². The van der Waals surface area contributed by atoms with E-state index < -0.39 is 0 Å². The van der Waals surface area contributed by atoms with Crippen LogP contribution in [0.15, 0.2) is 24.3 Å². The summed E-state index contributed by atoms with van der Waals surface area (Å²) in [4.78, 5) is 31.0. The molecule has 0 aliphatic carbocycles. The Kier molecular flexibility index (Phi) is 6.14. The maximum Gasteiger partial charge on any atom is 0.236 e. The standard InChI is InChI=1S/C20H29N3O3/c1-3-22(4-2)19(24)14-21-9-11-23(12-10-21)20(25)17-13-16-7-5-6-8-18(16)26-15-17/h5-8,17H,3-4,9-15H2,1-2H3. The monoisotopic (exact) mass is 359 g/mol. The highest BCUT2D eigenvalue weighted by Crippen LogP contribution is 2.27. The summed E-state index contributed by atoms with van der Waals surface area (Å²) in [6.07, 6.45) is 0.746. The van der Waals surface area contributed by atoms with Crippen LogP contribution in [0.5, 0.6) is 5.75 Å². The van der Waals surface area contributed by atoms with Gasteiger partial charge in [0, 0.05) is 39.3 Å². The van der Waals surface area contributed by atoms with Crippen LogP contribution in [-0.2, 0) is 16.0 Å². The van der Waals surface area contributed by atoms with Crippen molar-refractivity contribution in [3.63, 3.8) is 0 Å². The second-order valence-electron chi connectivity index (χ2n) is 6.99. The fourth-order valence-corrected chi connectivity index (χ4v) is 3.74. The van der Waals surface area contributed by atoms with E-state index in [4.69, 9.17) is 4.74 Å². The van der Waals surface area contributed by atoms with Gasteiger partial charge < -0.3 is 14.5 Å². The first-order chi connectivity index (χ1) is 12.6. The lowest BCUT2D eigenvalue weighted by Gasteiger charge is -2.37. The second-order valence-corrected chi connectivity index (χ2v) is 6.99. The molecule has 3 rings (SSSR count). The van der Waals surface area contributed by atoms with Crippen molar-refractivity contribution in [3.05, 3.63) is 29.8 Å². The highest BCUT2D eigenvalue weighted by atomic mass is 16.5. The van der Waals surface area contributed by atoms with E-state index in [0.717, 1.165) is 43.9 Å². The van der Waals surface area contributed by atoms with Gasteiger partial charge in [0.15, 0.2) is 0 Å². The van der Waals surface area contributed by atoms with Crippen molar-refractivity contribution in [1.82, 2.24) is 14.7 Å². The zero-order valence-corrected chi connectivity index (χ0v) is 15.8. The minimum atomic E-state index is -0.103. The van der Waals surface area contributed by atoms with Crippen LogP contribution < -0.4 is 4.74 Å². The zero-order valence-electron chi connectivity index (χ0n) is 15.8. The molecule has 6 heteroatoms. The summed E-state index contributed by atoms with van der Waals surface area (Å²) >= 11 is 0. The highest BCUT2D eigenvalue weighted by molar-refractivity contribution is 5.80. The molecule has 1 unspecified atom stereocenters. The smallest absolute Gasteiger partial charge is 0.236 e. The van der Waals surface area contributed by atoms with Crippen molar-refractivity contribution in [2.75, 3.05) is 52.4 Å². The predicted molar refractivity (Wildman–Crippen MR) is 100 cm³/mol. The van der Waals surface area contributed by atoms with Crippen molar-refractivity contribution in [2.24, 2.45) is 5.92 Å². The molecular formula is C20H29N3O3. The van der Waals surface area contributed by atoms with Crippen molar-refractivity contribution in [2.45, 2.75) is 20.3 Å². The van der Waals surface area contributed by atoms with Crippen molar-refractivity contribution in [3.8, 4) is 5.75 Å². The second kappa shape index (κ2) is 8.54. The summed E-state index contributed by atoms with van der Waals surface area (Å²) in [5.41, 5.74) is 1.11. The molecule has 26 heavy (non-hydrogen) atoms. The topological polar surface area (TPSA) is 53.1 Å². The third-order valence-corrected chi connectivity index (χ3v) is 5.39. The quantitative estimate of drug-likeness (QED) is 0.794. The average Bonchev–Trinajstić information content (AvgIpc) is 2.68. The Morgan fingerprint density at radius 2 is 1.81 bits per heavy atom. The lowest BCUT2D eigenvalue weighted by molar-refractivity contribution is -0.139. The number of ether oxygens (including phenoxy) is 1. The molecule has 1 atom stereocenters. The van der Waals surface area contributed by atoms with Crippen molar-refractivity contribution < 1.29 is 14.3 Å². The molecule has 0 radical (unpaired) electrons. The van der Waals surface area contributed by atoms with Gasteiger partial charge >= 0.3 is 0 Å². The number of carbonyl (C=O) groups excluding carboxylic acids is 2. The van der Waals surface area contributed by atoms with Gasteiger partial charge in [-0.25, -0.2) is 0 Å². The van der Waals surface area contributed by atoms with Gasteiger partial charge in [0.1, 0.15) is 12.4 Å². The average molecular weight is 359 g/mol. The van der Waals surface area contributed by atoms with Crippen LogP contribution in [0, 0.1) is 5.92 Å². The first kappa shape index (κ1) is 18.7. The highest BCUT2D eigenvalue weighted by Gasteiger charge is 2.31. The summed E-state index contributed by atoms with van der Waals surface area (Å²) < 4.78 is 5.76. The molecule has 1 aromatic rings. The molecule has 0 spiro atoms. The van der Waals surface area contributed by atoms with Gasteiger partial charge in [0.25, 0.3) is 0 Å². The number of amides is 2. The normalized spacial score (nSPS) is 20.2. The maximum absolute atomic E-state index is 12.8. The molecule has 2 heterocycles. The fraction of sp³-hybridized carbons (Fsp3) is 0.600. The molecule has 6 nitrogen and oxygen atoms in total. The molecule has 0 N–H and O–H groups in total. The van der Waals surface area contributed by atoms with Gasteiger partial charge in [-0.2, -0.15) is 0 Å². The Morgan fingerprint density at radius 3 is 2.50 bits per heavy atom. The van der Waals surface area contributed by atoms with E-state index in [1.54, 1.807) is 0 Å². The Balaban J connectivity index is 1.49. The van der Waals surface area contributed by atoms with Crippen LogP contribution in [0.25, 0.3) is 0 Å². The summed E-state index contributed by atoms with van der Waals surface area (Å²) in [6, 6.07) is 7.94. The van der Waals surface area contributed by atoms with Crippen LogP contribution in [0.3, 0.4) is 0 Å². The Hall–Kier alpha value is -2.08. The van der Waals surface area contributed by atoms with Gasteiger partial charge in [-0.15, -0.1) is 0 Å². The molecule has 2 aliphatic rings. The molecular weight excluding hydrogens is 330 g/mol. The predicted octanol–water partition coefficient (Wildman–Crippen LogP) is 1.25. The van der Waals surface area contributed by atoms with Gasteiger partial charge in [-0.05, 0) is 31.9 Å². The molecule has 0 bridgehead atoms. The summed E-state index contributed by atoms with van der Waals surface area (Å²) in [6.45, 7) is 9.27. The van der Waals surface area contributed by atoms with E-state index in [1.165, 1.54) is 0 Å². The molecule has 0 aromatic heterocycles. The number of para-hydroxylation sites is 1. The van der Waals surface area contributed by atoms with E-state index in [-0.39, 0.29) is 17.7 Å². The van der Waals surface area contributed by atoms with Gasteiger partial charge in [0.2, 0.25) is 11.8 Å². The number of nitrogens with zero attached hydrogens (tertiary/aromatic N) is 3. The molecule has 0 saturated carbocycles. The fourth-order valence-electron chi connectivity index (χ4n) is 3.74. The number of rotatable bonds is 5. The number of benzene rings is 1. The third kappa shape index (κ3) is 4.18. The van der Waals surface area contributed by atoms with E-state index in [1.807, 2.05) is 47.9 Å². The number of carbonyl (C=O) groups is 2. The summed E-state index contributed by atoms with van der Waals surface area (Å²) in [5.74, 6) is 1.14. The number of likely N-dealkylation sites (N-methyl/N-ethyl adjacent to an activating group) is 1. The number of hydrogen-bond acceptors (Lipinski definition) is 4. The van der Waals surface area contributed by atoms with Crippen LogP contribution in [0.4, 0.5) is 0 Å². The lowest BCUT2D eigenvalue weighted by atomic mass is 9.95. The SMILES string of the molecule is CCN(CC)C(=O)CN1CCN(C(=O)C2COc3ccccc3C2)CC1. The first-order valence-corrected chi connectivity index (χ1v) is 9.62. The van der Waals surface area contributed by atoms with Crippen LogP contribution >= 0.6 is 0 Å². The van der Waals surface area contributed by atoms with Crippen LogP contribution in [-0.4, -0.2) is 78.9 Å². The zero-order chi connectivity index (χ0) is 18.5. The number of piperazine rings is 1. The molecule has 1 saturated heterocycles. The largest absolute Gasteiger partial charge is 0.492 e. The Morgan fingerprint density at radius 1 is 1.12 bits per heavy atom.